The lowest BCUT2D eigenvalue weighted by Gasteiger charge is -1.83. The highest BCUT2D eigenvalue weighted by atomic mass is 35.5. The summed E-state index contributed by atoms with van der Waals surface area (Å²) in [6.45, 7) is 0. The molecule has 0 radical (unpaired) electrons. The van der Waals surface area contributed by atoms with Crippen molar-refractivity contribution in [3.63, 3.8) is 0 Å². The second-order valence-electron chi connectivity index (χ2n) is 2.23. The normalized spacial score (nSPS) is 10.4. The Morgan fingerprint density at radius 2 is 2.50 bits per heavy atom. The Labute approximate surface area is 73.6 Å². The maximum atomic E-state index is 5.51. The third-order valence-electron chi connectivity index (χ3n) is 1.42. The maximum absolute atomic E-state index is 5.51. The molecule has 0 aliphatic rings. The molecule has 0 spiro atoms. The van der Waals surface area contributed by atoms with E-state index in [2.05, 4.69) is 15.1 Å². The predicted octanol–water partition coefficient (Wildman–Crippen LogP) is 1.80. The first-order valence-corrected chi connectivity index (χ1v) is 3.96. The van der Waals surface area contributed by atoms with Crippen molar-refractivity contribution in [2.45, 2.75) is 5.88 Å². The Bertz CT molecular complexity index is 354. The van der Waals surface area contributed by atoms with E-state index < -0.39 is 0 Å². The number of rotatable bonds is 2. The van der Waals surface area contributed by atoms with E-state index in [1.165, 1.54) is 0 Å². The first-order chi connectivity index (χ1) is 5.90. The van der Waals surface area contributed by atoms with Crippen molar-refractivity contribution < 1.29 is 4.52 Å². The minimum absolute atomic E-state index is 0.268. The van der Waals surface area contributed by atoms with Crippen molar-refractivity contribution in [1.82, 2.24) is 15.1 Å². The van der Waals surface area contributed by atoms with E-state index in [9.17, 15) is 0 Å². The summed E-state index contributed by atoms with van der Waals surface area (Å²) in [6, 6.07) is 3.71. The molecule has 0 aliphatic heterocycles. The molecule has 5 heteroatoms. The Balaban J connectivity index is 2.35. The number of aromatic amines is 1. The molecule has 0 bridgehead atoms. The van der Waals surface area contributed by atoms with E-state index in [0.717, 1.165) is 5.69 Å². The van der Waals surface area contributed by atoms with Gasteiger partial charge in [0.25, 0.3) is 5.89 Å². The summed E-state index contributed by atoms with van der Waals surface area (Å²) in [7, 11) is 0. The van der Waals surface area contributed by atoms with E-state index in [1.807, 2.05) is 12.1 Å². The number of hydrogen-bond donors (Lipinski definition) is 1. The van der Waals surface area contributed by atoms with Gasteiger partial charge in [0.05, 0.1) is 5.88 Å². The van der Waals surface area contributed by atoms with Gasteiger partial charge < -0.3 is 9.51 Å². The fraction of sp³-hybridized carbons (Fsp3) is 0.143. The highest BCUT2D eigenvalue weighted by molar-refractivity contribution is 6.16. The number of alkyl halides is 1. The predicted molar refractivity (Wildman–Crippen MR) is 43.6 cm³/mol. The summed E-state index contributed by atoms with van der Waals surface area (Å²) in [4.78, 5) is 6.98. The quantitative estimate of drug-likeness (QED) is 0.723. The van der Waals surface area contributed by atoms with Gasteiger partial charge in [0.15, 0.2) is 5.82 Å². The smallest absolute Gasteiger partial charge is 0.274 e. The van der Waals surface area contributed by atoms with Crippen LogP contribution in [0.25, 0.3) is 11.6 Å². The molecule has 2 heterocycles. The highest BCUT2D eigenvalue weighted by Gasteiger charge is 2.07. The van der Waals surface area contributed by atoms with Crippen LogP contribution in [0.5, 0.6) is 0 Å². The van der Waals surface area contributed by atoms with Gasteiger partial charge in [-0.15, -0.1) is 11.6 Å². The van der Waals surface area contributed by atoms with Crippen LogP contribution in [0.4, 0.5) is 0 Å². The summed E-state index contributed by atoms with van der Waals surface area (Å²) in [5.41, 5.74) is 0.805. The van der Waals surface area contributed by atoms with Crippen molar-refractivity contribution in [2.75, 3.05) is 0 Å². The van der Waals surface area contributed by atoms with Crippen LogP contribution in [0.1, 0.15) is 5.82 Å². The number of nitrogens with zero attached hydrogens (tertiary/aromatic N) is 2. The second kappa shape index (κ2) is 2.98. The van der Waals surface area contributed by atoms with Gasteiger partial charge >= 0.3 is 0 Å². The summed E-state index contributed by atoms with van der Waals surface area (Å²) in [6.07, 6.45) is 1.79. The molecule has 12 heavy (non-hydrogen) atoms. The molecule has 0 saturated heterocycles. The lowest BCUT2D eigenvalue weighted by molar-refractivity contribution is 0.424. The molecule has 0 saturated carbocycles. The molecule has 2 rings (SSSR count). The molecule has 0 amide bonds. The van der Waals surface area contributed by atoms with Gasteiger partial charge in [-0.05, 0) is 12.1 Å². The van der Waals surface area contributed by atoms with E-state index >= 15 is 0 Å². The molecular formula is C7H6ClN3O. The van der Waals surface area contributed by atoms with Crippen LogP contribution < -0.4 is 0 Å². The van der Waals surface area contributed by atoms with Crippen molar-refractivity contribution >= 4 is 11.6 Å². The van der Waals surface area contributed by atoms with Gasteiger partial charge in [0.1, 0.15) is 5.69 Å². The molecule has 0 aromatic carbocycles. The van der Waals surface area contributed by atoms with Gasteiger partial charge in [-0.3, -0.25) is 0 Å². The largest absolute Gasteiger partial charge is 0.357 e. The monoisotopic (exact) mass is 183 g/mol. The number of aromatic nitrogens is 3. The fourth-order valence-electron chi connectivity index (χ4n) is 0.881. The zero-order valence-corrected chi connectivity index (χ0v) is 6.88. The first-order valence-electron chi connectivity index (χ1n) is 3.42. The number of nitrogens with one attached hydrogen (secondary N) is 1. The van der Waals surface area contributed by atoms with E-state index in [-0.39, 0.29) is 5.88 Å². The van der Waals surface area contributed by atoms with Gasteiger partial charge in [0, 0.05) is 6.20 Å². The molecule has 4 nitrogen and oxygen atoms in total. The Hall–Kier alpha value is -1.29. The van der Waals surface area contributed by atoms with Gasteiger partial charge in [-0.25, -0.2) is 0 Å². The van der Waals surface area contributed by atoms with Crippen molar-refractivity contribution in [1.29, 1.82) is 0 Å². The second-order valence-corrected chi connectivity index (χ2v) is 2.50. The van der Waals surface area contributed by atoms with E-state index in [4.69, 9.17) is 16.1 Å². The van der Waals surface area contributed by atoms with Gasteiger partial charge in [-0.1, -0.05) is 5.16 Å². The third kappa shape index (κ3) is 1.21. The zero-order valence-electron chi connectivity index (χ0n) is 6.12. The molecular weight excluding hydrogens is 178 g/mol. The Morgan fingerprint density at radius 3 is 3.08 bits per heavy atom. The van der Waals surface area contributed by atoms with E-state index in [1.54, 1.807) is 6.20 Å². The Kier molecular flexibility index (Phi) is 1.83. The van der Waals surface area contributed by atoms with Gasteiger partial charge in [-0.2, -0.15) is 4.98 Å². The topological polar surface area (TPSA) is 54.7 Å². The molecule has 0 fully saturated rings. The third-order valence-corrected chi connectivity index (χ3v) is 1.66. The molecule has 1 N–H and O–H groups in total. The zero-order chi connectivity index (χ0) is 8.39. The molecule has 0 aliphatic carbocycles. The van der Waals surface area contributed by atoms with Crippen molar-refractivity contribution in [2.24, 2.45) is 0 Å². The van der Waals surface area contributed by atoms with Gasteiger partial charge in [0.2, 0.25) is 0 Å². The number of H-pyrrole nitrogens is 1. The van der Waals surface area contributed by atoms with Crippen LogP contribution in [0.2, 0.25) is 0 Å². The molecule has 2 aromatic heterocycles. The average Bonchev–Trinajstić information content (AvgIpc) is 2.75. The lowest BCUT2D eigenvalue weighted by Crippen LogP contribution is -1.80. The van der Waals surface area contributed by atoms with Crippen LogP contribution in [-0.4, -0.2) is 15.1 Å². The standard InChI is InChI=1S/C7H6ClN3O/c8-4-6-10-7(12-11-6)5-2-1-3-9-5/h1-3,9H,4H2. The van der Waals surface area contributed by atoms with Crippen LogP contribution in [0, 0.1) is 0 Å². The summed E-state index contributed by atoms with van der Waals surface area (Å²) < 4.78 is 4.92. The molecule has 0 atom stereocenters. The highest BCUT2D eigenvalue weighted by Crippen LogP contribution is 2.14. The Morgan fingerprint density at radius 1 is 1.58 bits per heavy atom. The van der Waals surface area contributed by atoms with Crippen LogP contribution >= 0.6 is 11.6 Å². The summed E-state index contributed by atoms with van der Waals surface area (Å²) in [5, 5.41) is 3.65. The minimum atomic E-state index is 0.268. The number of hydrogen-bond acceptors (Lipinski definition) is 3. The molecule has 62 valence electrons. The number of halogens is 1. The van der Waals surface area contributed by atoms with E-state index in [0.29, 0.717) is 11.7 Å². The lowest BCUT2D eigenvalue weighted by atomic mass is 10.4. The summed E-state index contributed by atoms with van der Waals surface area (Å²) in [5.74, 6) is 1.24. The first kappa shape index (κ1) is 7.36. The minimum Gasteiger partial charge on any atom is -0.357 e. The van der Waals surface area contributed by atoms with Crippen LogP contribution in [0.3, 0.4) is 0 Å². The molecule has 0 unspecified atom stereocenters. The van der Waals surface area contributed by atoms with Crippen molar-refractivity contribution in [3.05, 3.63) is 24.2 Å². The van der Waals surface area contributed by atoms with Crippen LogP contribution in [0.15, 0.2) is 22.9 Å². The van der Waals surface area contributed by atoms with Crippen LogP contribution in [-0.2, 0) is 5.88 Å². The molecule has 2 aromatic rings. The fourth-order valence-corrected chi connectivity index (χ4v) is 0.990. The maximum Gasteiger partial charge on any atom is 0.274 e. The average molecular weight is 184 g/mol. The SMILES string of the molecule is ClCc1noc(-c2ccc[nH]2)n1. The van der Waals surface area contributed by atoms with Crippen molar-refractivity contribution in [3.8, 4) is 11.6 Å². The summed E-state index contributed by atoms with van der Waals surface area (Å²) >= 11 is 5.51.